The SMILES string of the molecule is OCc1cn2cc(-c3ccc(F)cc3)sc2n1. The predicted molar refractivity (Wildman–Crippen MR) is 64.4 cm³/mol. The highest BCUT2D eigenvalue weighted by Crippen LogP contribution is 2.28. The molecule has 0 saturated carbocycles. The zero-order chi connectivity index (χ0) is 11.8. The number of nitrogens with zero attached hydrogens (tertiary/aromatic N) is 2. The van der Waals surface area contributed by atoms with Crippen LogP contribution < -0.4 is 0 Å². The Balaban J connectivity index is 2.06. The topological polar surface area (TPSA) is 37.5 Å². The van der Waals surface area contributed by atoms with Crippen molar-refractivity contribution in [3.63, 3.8) is 0 Å². The van der Waals surface area contributed by atoms with Gasteiger partial charge in [0, 0.05) is 12.4 Å². The molecule has 1 aromatic carbocycles. The Morgan fingerprint density at radius 1 is 1.24 bits per heavy atom. The Bertz CT molecular complexity index is 625. The molecule has 0 aliphatic carbocycles. The van der Waals surface area contributed by atoms with E-state index in [1.54, 1.807) is 18.3 Å². The van der Waals surface area contributed by atoms with Crippen LogP contribution in [0.3, 0.4) is 0 Å². The van der Waals surface area contributed by atoms with Crippen molar-refractivity contribution in [1.29, 1.82) is 0 Å². The Morgan fingerprint density at radius 2 is 2.00 bits per heavy atom. The third-order valence-electron chi connectivity index (χ3n) is 2.50. The summed E-state index contributed by atoms with van der Waals surface area (Å²) in [7, 11) is 0. The molecule has 2 heterocycles. The largest absolute Gasteiger partial charge is 0.390 e. The first-order chi connectivity index (χ1) is 8.26. The Morgan fingerprint density at radius 3 is 2.65 bits per heavy atom. The maximum Gasteiger partial charge on any atom is 0.194 e. The summed E-state index contributed by atoms with van der Waals surface area (Å²) in [5, 5.41) is 8.96. The lowest BCUT2D eigenvalue weighted by molar-refractivity contribution is 0.277. The number of imidazole rings is 1. The Hall–Kier alpha value is -1.72. The minimum absolute atomic E-state index is 0.0553. The molecular formula is C12H9FN2OS. The molecule has 0 bridgehead atoms. The van der Waals surface area contributed by atoms with E-state index < -0.39 is 0 Å². The standard InChI is InChI=1S/C12H9FN2OS/c13-9-3-1-8(2-4-9)11-6-15-5-10(7-16)14-12(15)17-11/h1-6,16H,7H2. The summed E-state index contributed by atoms with van der Waals surface area (Å²) in [5.74, 6) is -0.238. The molecule has 0 saturated heterocycles. The highest BCUT2D eigenvalue weighted by Gasteiger charge is 2.07. The first-order valence-corrected chi connectivity index (χ1v) is 5.92. The lowest BCUT2D eigenvalue weighted by Gasteiger charge is -1.95. The highest BCUT2D eigenvalue weighted by atomic mass is 32.1. The summed E-state index contributed by atoms with van der Waals surface area (Å²) < 4.78 is 14.7. The molecular weight excluding hydrogens is 239 g/mol. The maximum atomic E-state index is 12.8. The zero-order valence-electron chi connectivity index (χ0n) is 8.80. The highest BCUT2D eigenvalue weighted by molar-refractivity contribution is 7.20. The summed E-state index contributed by atoms with van der Waals surface area (Å²) >= 11 is 1.51. The third kappa shape index (κ3) is 1.83. The zero-order valence-corrected chi connectivity index (χ0v) is 9.62. The van der Waals surface area contributed by atoms with Crippen molar-refractivity contribution >= 4 is 16.3 Å². The molecule has 0 unspecified atom stereocenters. The average Bonchev–Trinajstić information content (AvgIpc) is 2.87. The number of fused-ring (bicyclic) bond motifs is 1. The van der Waals surface area contributed by atoms with Crippen LogP contribution in [0.4, 0.5) is 4.39 Å². The van der Waals surface area contributed by atoms with Crippen molar-refractivity contribution in [2.24, 2.45) is 0 Å². The van der Waals surface area contributed by atoms with Crippen LogP contribution in [0.5, 0.6) is 0 Å². The average molecular weight is 248 g/mol. The second-order valence-corrected chi connectivity index (χ2v) is 4.69. The molecule has 3 nitrogen and oxygen atoms in total. The van der Waals surface area contributed by atoms with Crippen LogP contribution in [0.1, 0.15) is 5.69 Å². The van der Waals surface area contributed by atoms with E-state index in [1.807, 2.05) is 10.6 Å². The molecule has 5 heteroatoms. The van der Waals surface area contributed by atoms with Gasteiger partial charge in [-0.3, -0.25) is 4.40 Å². The van der Waals surface area contributed by atoms with Gasteiger partial charge in [0.05, 0.1) is 17.2 Å². The van der Waals surface area contributed by atoms with Gasteiger partial charge < -0.3 is 5.11 Å². The third-order valence-corrected chi connectivity index (χ3v) is 3.54. The van der Waals surface area contributed by atoms with Gasteiger partial charge >= 0.3 is 0 Å². The molecule has 0 fully saturated rings. The molecule has 0 aliphatic heterocycles. The van der Waals surface area contributed by atoms with Crippen LogP contribution in [0, 0.1) is 5.82 Å². The van der Waals surface area contributed by atoms with Crippen LogP contribution in [0.25, 0.3) is 15.4 Å². The fraction of sp³-hybridized carbons (Fsp3) is 0.0833. The van der Waals surface area contributed by atoms with Gasteiger partial charge in [0.25, 0.3) is 0 Å². The van der Waals surface area contributed by atoms with Crippen LogP contribution in [0.2, 0.25) is 0 Å². The van der Waals surface area contributed by atoms with Gasteiger partial charge in [-0.2, -0.15) is 0 Å². The van der Waals surface area contributed by atoms with Crippen molar-refractivity contribution in [3.05, 3.63) is 48.2 Å². The number of rotatable bonds is 2. The minimum Gasteiger partial charge on any atom is -0.390 e. The molecule has 17 heavy (non-hydrogen) atoms. The summed E-state index contributed by atoms with van der Waals surface area (Å²) in [4.78, 5) is 6.10. The molecule has 1 N–H and O–H groups in total. The van der Waals surface area contributed by atoms with Gasteiger partial charge in [-0.25, -0.2) is 9.37 Å². The summed E-state index contributed by atoms with van der Waals surface area (Å²) in [6, 6.07) is 6.37. The number of halogens is 1. The molecule has 0 atom stereocenters. The van der Waals surface area contributed by atoms with E-state index in [2.05, 4.69) is 4.98 Å². The van der Waals surface area contributed by atoms with Gasteiger partial charge in [-0.1, -0.05) is 23.5 Å². The molecule has 3 rings (SSSR count). The van der Waals surface area contributed by atoms with Crippen molar-refractivity contribution in [3.8, 4) is 10.4 Å². The summed E-state index contributed by atoms with van der Waals surface area (Å²) in [6.07, 6.45) is 3.72. The molecule has 0 amide bonds. The van der Waals surface area contributed by atoms with E-state index in [4.69, 9.17) is 5.11 Å². The summed E-state index contributed by atoms with van der Waals surface area (Å²) in [6.45, 7) is -0.0553. The van der Waals surface area contributed by atoms with E-state index in [-0.39, 0.29) is 12.4 Å². The number of aromatic nitrogens is 2. The molecule has 2 aromatic heterocycles. The van der Waals surface area contributed by atoms with Crippen molar-refractivity contribution in [1.82, 2.24) is 9.38 Å². The van der Waals surface area contributed by atoms with Gasteiger partial charge in [-0.15, -0.1) is 0 Å². The number of hydrogen-bond acceptors (Lipinski definition) is 3. The minimum atomic E-state index is -0.238. The van der Waals surface area contributed by atoms with Crippen LogP contribution >= 0.6 is 11.3 Å². The summed E-state index contributed by atoms with van der Waals surface area (Å²) in [5.41, 5.74) is 1.62. The lowest BCUT2D eigenvalue weighted by atomic mass is 10.2. The molecule has 0 aliphatic rings. The van der Waals surface area contributed by atoms with Gasteiger partial charge in [-0.05, 0) is 17.7 Å². The van der Waals surface area contributed by atoms with E-state index in [0.717, 1.165) is 15.4 Å². The number of aliphatic hydroxyl groups excluding tert-OH is 1. The second-order valence-electron chi connectivity index (χ2n) is 3.68. The number of benzene rings is 1. The smallest absolute Gasteiger partial charge is 0.194 e. The Kier molecular flexibility index (Phi) is 2.42. The van der Waals surface area contributed by atoms with Crippen molar-refractivity contribution in [2.45, 2.75) is 6.61 Å². The van der Waals surface area contributed by atoms with Gasteiger partial charge in [0.1, 0.15) is 5.82 Å². The lowest BCUT2D eigenvalue weighted by Crippen LogP contribution is -1.80. The fourth-order valence-corrected chi connectivity index (χ4v) is 2.66. The van der Waals surface area contributed by atoms with E-state index in [9.17, 15) is 4.39 Å². The van der Waals surface area contributed by atoms with E-state index >= 15 is 0 Å². The Labute approximate surface area is 101 Å². The van der Waals surface area contributed by atoms with Crippen molar-refractivity contribution in [2.75, 3.05) is 0 Å². The first-order valence-electron chi connectivity index (χ1n) is 5.10. The quantitative estimate of drug-likeness (QED) is 0.757. The predicted octanol–water partition coefficient (Wildman–Crippen LogP) is 2.69. The van der Waals surface area contributed by atoms with Gasteiger partial charge in [0.15, 0.2) is 4.96 Å². The van der Waals surface area contributed by atoms with E-state index in [1.165, 1.54) is 23.5 Å². The van der Waals surface area contributed by atoms with Crippen LogP contribution in [0.15, 0.2) is 36.7 Å². The van der Waals surface area contributed by atoms with Gasteiger partial charge in [0.2, 0.25) is 0 Å². The van der Waals surface area contributed by atoms with Crippen LogP contribution in [-0.4, -0.2) is 14.5 Å². The fourth-order valence-electron chi connectivity index (χ4n) is 1.67. The molecule has 86 valence electrons. The molecule has 0 radical (unpaired) electrons. The van der Waals surface area contributed by atoms with Crippen LogP contribution in [-0.2, 0) is 6.61 Å². The number of thiazole rings is 1. The first kappa shape index (κ1) is 10.4. The monoisotopic (exact) mass is 248 g/mol. The number of aliphatic hydroxyl groups is 1. The maximum absolute atomic E-state index is 12.8. The van der Waals surface area contributed by atoms with Crippen molar-refractivity contribution < 1.29 is 9.50 Å². The number of hydrogen-bond donors (Lipinski definition) is 1. The second kappa shape index (κ2) is 3.94. The normalized spacial score (nSPS) is 11.2. The molecule has 0 spiro atoms. The van der Waals surface area contributed by atoms with E-state index in [0.29, 0.717) is 5.69 Å². The molecule has 3 aromatic rings.